The second kappa shape index (κ2) is 12.7. The van der Waals surface area contributed by atoms with Crippen LogP contribution in [-0.2, 0) is 25.7 Å². The Morgan fingerprint density at radius 2 is 1.73 bits per heavy atom. The van der Waals surface area contributed by atoms with Gasteiger partial charge in [0, 0.05) is 16.7 Å². The molecule has 216 valence electrons. The van der Waals surface area contributed by atoms with E-state index >= 15 is 0 Å². The molecule has 7 nitrogen and oxygen atoms in total. The third kappa shape index (κ3) is 7.49. The van der Waals surface area contributed by atoms with Crippen molar-refractivity contribution in [3.05, 3.63) is 101 Å². The molecular weight excluding hydrogens is 599 g/mol. The summed E-state index contributed by atoms with van der Waals surface area (Å²) >= 11 is 7.07. The first-order chi connectivity index (χ1) is 19.4. The Kier molecular flexibility index (Phi) is 9.45. The molecule has 0 saturated heterocycles. The summed E-state index contributed by atoms with van der Waals surface area (Å²) in [5, 5.41) is 6.68. The number of esters is 1. The average molecular weight is 624 g/mol. The smallest absolute Gasteiger partial charge is 0.416 e. The molecule has 2 atom stereocenters. The van der Waals surface area contributed by atoms with Crippen molar-refractivity contribution in [2.75, 3.05) is 19.4 Å². The summed E-state index contributed by atoms with van der Waals surface area (Å²) in [4.78, 5) is 11.6. The number of hydrogen-bond donors (Lipinski definition) is 0. The van der Waals surface area contributed by atoms with Gasteiger partial charge in [-0.1, -0.05) is 72.8 Å². The van der Waals surface area contributed by atoms with E-state index < -0.39 is 38.5 Å². The predicted molar refractivity (Wildman–Crippen MR) is 154 cm³/mol. The van der Waals surface area contributed by atoms with Gasteiger partial charge in [0.25, 0.3) is 10.0 Å². The van der Waals surface area contributed by atoms with Crippen LogP contribution >= 0.6 is 23.4 Å². The van der Waals surface area contributed by atoms with Crippen molar-refractivity contribution in [2.24, 2.45) is 15.4 Å². The van der Waals surface area contributed by atoms with Crippen LogP contribution in [0, 0.1) is 5.92 Å². The normalized spacial score (nSPS) is 16.8. The molecule has 13 heteroatoms. The lowest BCUT2D eigenvalue weighted by molar-refractivity contribution is -0.144. The fraction of sp³-hybridized carbons (Fsp3) is 0.250. The molecular formula is C28H25ClF3N3O4S2. The third-order valence-corrected chi connectivity index (χ3v) is 9.10. The van der Waals surface area contributed by atoms with Crippen molar-refractivity contribution >= 4 is 50.2 Å². The van der Waals surface area contributed by atoms with E-state index in [9.17, 15) is 26.4 Å². The molecule has 0 N–H and O–H groups in total. The average Bonchev–Trinajstić information content (AvgIpc) is 3.40. The highest BCUT2D eigenvalue weighted by Crippen LogP contribution is 2.33. The van der Waals surface area contributed by atoms with Crippen LogP contribution in [0.1, 0.15) is 29.5 Å². The standard InChI is InChI=1S/C28H25ClF3N3O4S2/c1-18(26(36)39-2)17-40-27(34-41(37,38)23-14-10-21(11-15-23)28(30,31)32)35-16-24(19-6-4-3-5-7-19)25(33-35)20-8-12-22(29)13-9-20/h3-15,18,24H,16-17H2,1-2H3/t18-,24?/m0/s1. The van der Waals surface area contributed by atoms with Crippen LogP contribution in [0.2, 0.25) is 5.02 Å². The molecule has 0 radical (unpaired) electrons. The van der Waals surface area contributed by atoms with Crippen molar-refractivity contribution in [3.63, 3.8) is 0 Å². The van der Waals surface area contributed by atoms with Crippen molar-refractivity contribution in [1.82, 2.24) is 5.01 Å². The van der Waals surface area contributed by atoms with E-state index in [2.05, 4.69) is 4.40 Å². The molecule has 1 unspecified atom stereocenters. The van der Waals surface area contributed by atoms with Gasteiger partial charge in [0.1, 0.15) is 0 Å². The SMILES string of the molecule is COC(=O)[C@@H](C)CSC(=NS(=O)(=O)c1ccc(C(F)(F)F)cc1)N1CC(c2ccccc2)C(c2ccc(Cl)cc2)=N1. The number of hydrazone groups is 1. The molecule has 4 rings (SSSR count). The number of amidine groups is 1. The number of halogens is 4. The Balaban J connectivity index is 1.76. The van der Waals surface area contributed by atoms with Gasteiger partial charge in [-0.3, -0.25) is 4.79 Å². The first-order valence-corrected chi connectivity index (χ1v) is 15.1. The number of hydrogen-bond acceptors (Lipinski definition) is 6. The fourth-order valence-electron chi connectivity index (χ4n) is 4.04. The van der Waals surface area contributed by atoms with Crippen molar-refractivity contribution < 1.29 is 31.1 Å². The maximum absolute atomic E-state index is 13.3. The van der Waals surface area contributed by atoms with Gasteiger partial charge in [-0.25, -0.2) is 5.01 Å². The van der Waals surface area contributed by atoms with Crippen molar-refractivity contribution in [1.29, 1.82) is 0 Å². The number of carbonyl (C=O) groups excluding carboxylic acids is 1. The summed E-state index contributed by atoms with van der Waals surface area (Å²) in [5.74, 6) is -1.24. The Bertz CT molecular complexity index is 1550. The zero-order chi connectivity index (χ0) is 29.8. The van der Waals surface area contributed by atoms with Gasteiger partial charge in [-0.05, 0) is 47.5 Å². The predicted octanol–water partition coefficient (Wildman–Crippen LogP) is 6.45. The number of methoxy groups -OCH3 is 1. The number of sulfonamides is 1. The van der Waals surface area contributed by atoms with E-state index in [0.717, 1.165) is 35.0 Å². The van der Waals surface area contributed by atoms with E-state index in [0.29, 0.717) is 22.9 Å². The van der Waals surface area contributed by atoms with Crippen LogP contribution in [0.3, 0.4) is 0 Å². The second-order valence-corrected chi connectivity index (χ2v) is 12.2. The number of alkyl halides is 3. The Morgan fingerprint density at radius 3 is 2.32 bits per heavy atom. The minimum atomic E-state index is -4.62. The summed E-state index contributed by atoms with van der Waals surface area (Å²) in [6.07, 6.45) is -4.62. The molecule has 1 heterocycles. The molecule has 3 aromatic carbocycles. The molecule has 41 heavy (non-hydrogen) atoms. The van der Waals surface area contributed by atoms with Gasteiger partial charge in [-0.15, -0.1) is 4.40 Å². The number of ether oxygens (including phenoxy) is 1. The Morgan fingerprint density at radius 1 is 1.10 bits per heavy atom. The zero-order valence-electron chi connectivity index (χ0n) is 21.9. The van der Waals surface area contributed by atoms with Crippen LogP contribution in [-0.4, -0.2) is 49.7 Å². The van der Waals surface area contributed by atoms with Gasteiger partial charge < -0.3 is 4.74 Å². The number of nitrogens with zero attached hydrogens (tertiary/aromatic N) is 3. The summed E-state index contributed by atoms with van der Waals surface area (Å²) in [7, 11) is -3.20. The summed E-state index contributed by atoms with van der Waals surface area (Å²) in [6, 6.07) is 19.7. The lowest BCUT2D eigenvalue weighted by atomic mass is 9.91. The van der Waals surface area contributed by atoms with Crippen LogP contribution in [0.5, 0.6) is 0 Å². The molecule has 0 saturated carbocycles. The number of benzene rings is 3. The highest BCUT2D eigenvalue weighted by molar-refractivity contribution is 8.14. The molecule has 0 spiro atoms. The van der Waals surface area contributed by atoms with Gasteiger partial charge in [0.15, 0.2) is 5.17 Å². The Labute approximate surface area is 245 Å². The first-order valence-electron chi connectivity index (χ1n) is 12.3. The number of rotatable bonds is 7. The Hall–Kier alpha value is -3.35. The maximum Gasteiger partial charge on any atom is 0.416 e. The summed E-state index contributed by atoms with van der Waals surface area (Å²) < 4.78 is 74.4. The van der Waals surface area contributed by atoms with Crippen molar-refractivity contribution in [2.45, 2.75) is 23.9 Å². The van der Waals surface area contributed by atoms with Crippen LogP contribution in [0.4, 0.5) is 13.2 Å². The number of carbonyl (C=O) groups is 1. The van der Waals surface area contributed by atoms with Gasteiger partial charge in [-0.2, -0.15) is 26.7 Å². The lowest BCUT2D eigenvalue weighted by Gasteiger charge is -2.19. The fourth-order valence-corrected chi connectivity index (χ4v) is 6.35. The summed E-state index contributed by atoms with van der Waals surface area (Å²) in [6.45, 7) is 1.85. The quantitative estimate of drug-likeness (QED) is 0.171. The molecule has 3 aromatic rings. The minimum absolute atomic E-state index is 0.0365. The van der Waals surface area contributed by atoms with Crippen LogP contribution in [0.25, 0.3) is 0 Å². The largest absolute Gasteiger partial charge is 0.469 e. The molecule has 0 amide bonds. The van der Waals surface area contributed by atoms with E-state index in [-0.39, 0.29) is 23.4 Å². The molecule has 0 aliphatic carbocycles. The van der Waals surface area contributed by atoms with E-state index in [1.165, 1.54) is 12.1 Å². The van der Waals surface area contributed by atoms with Gasteiger partial charge >= 0.3 is 12.1 Å². The maximum atomic E-state index is 13.3. The second-order valence-electron chi connectivity index (χ2n) is 9.14. The molecule has 0 aromatic heterocycles. The van der Waals surface area contributed by atoms with E-state index in [1.807, 2.05) is 42.5 Å². The molecule has 0 bridgehead atoms. The van der Waals surface area contributed by atoms with E-state index in [1.54, 1.807) is 19.1 Å². The first kappa shape index (κ1) is 30.6. The topological polar surface area (TPSA) is 88.4 Å². The van der Waals surface area contributed by atoms with Crippen LogP contribution < -0.4 is 0 Å². The van der Waals surface area contributed by atoms with Crippen molar-refractivity contribution in [3.8, 4) is 0 Å². The molecule has 0 fully saturated rings. The highest BCUT2D eigenvalue weighted by Gasteiger charge is 2.34. The molecule has 1 aliphatic rings. The van der Waals surface area contributed by atoms with E-state index in [4.69, 9.17) is 21.4 Å². The lowest BCUT2D eigenvalue weighted by Crippen LogP contribution is -2.26. The molecule has 1 aliphatic heterocycles. The monoisotopic (exact) mass is 623 g/mol. The highest BCUT2D eigenvalue weighted by atomic mass is 35.5. The number of thioether (sulfide) groups is 1. The third-order valence-electron chi connectivity index (χ3n) is 6.22. The summed E-state index contributed by atoms with van der Waals surface area (Å²) in [5.41, 5.74) is 1.36. The van der Waals surface area contributed by atoms with Crippen LogP contribution in [0.15, 0.2) is 93.3 Å². The minimum Gasteiger partial charge on any atom is -0.469 e. The van der Waals surface area contributed by atoms with Gasteiger partial charge in [0.2, 0.25) is 0 Å². The zero-order valence-corrected chi connectivity index (χ0v) is 24.3. The van der Waals surface area contributed by atoms with Gasteiger partial charge in [0.05, 0.1) is 35.7 Å².